The minimum Gasteiger partial charge on any atom is -0.477 e. The number of aliphatic carboxylic acids is 1. The fraction of sp³-hybridized carbons (Fsp3) is 0.789. The van der Waals surface area contributed by atoms with Gasteiger partial charge in [-0.25, -0.2) is 4.79 Å². The Kier molecular flexibility index (Phi) is 5.47. The number of aliphatic hydroxyl groups is 2. The molecule has 0 radical (unpaired) electrons. The summed E-state index contributed by atoms with van der Waals surface area (Å²) in [6.07, 6.45) is 0.547. The van der Waals surface area contributed by atoms with Crippen LogP contribution in [0, 0.1) is 17.8 Å². The molecule has 4 rings (SSSR count). The van der Waals surface area contributed by atoms with Crippen LogP contribution in [0.3, 0.4) is 0 Å². The van der Waals surface area contributed by atoms with Crippen LogP contribution in [-0.4, -0.2) is 81.3 Å². The summed E-state index contributed by atoms with van der Waals surface area (Å²) in [5, 5.41) is 37.2. The van der Waals surface area contributed by atoms with E-state index in [9.17, 15) is 24.9 Å². The lowest BCUT2D eigenvalue weighted by Gasteiger charge is -2.46. The first kappa shape index (κ1) is 20.2. The number of amides is 1. The number of carboxylic acid groups (broad SMARTS) is 1. The lowest BCUT2D eigenvalue weighted by Crippen LogP contribution is -2.63. The molecular weight excluding hydrogens is 382 g/mol. The maximum Gasteiger partial charge on any atom is 0.353 e. The molecule has 8 atom stereocenters. The number of fused-ring (bicyclic) bond motifs is 1. The number of hydrogen-bond acceptors (Lipinski definition) is 7. The number of nitrogens with zero attached hydrogens (tertiary/aromatic N) is 1. The molecule has 0 bridgehead atoms. The van der Waals surface area contributed by atoms with Crippen LogP contribution in [0.4, 0.5) is 0 Å². The molecule has 0 spiro atoms. The predicted octanol–water partition coefficient (Wildman–Crippen LogP) is -0.426. The Hall–Kier alpha value is -1.13. The highest BCUT2D eigenvalue weighted by Crippen LogP contribution is 2.51. The van der Waals surface area contributed by atoms with E-state index in [2.05, 4.69) is 10.6 Å². The molecule has 9 heteroatoms. The fourth-order valence-electron chi connectivity index (χ4n) is 5.24. The van der Waals surface area contributed by atoms with Gasteiger partial charge in [0, 0.05) is 41.1 Å². The van der Waals surface area contributed by atoms with Crippen LogP contribution in [0.25, 0.3) is 0 Å². The largest absolute Gasteiger partial charge is 0.477 e. The standard InChI is InChI=1S/C19H29N3O5S/c1-8-14-13(9(2)23)18(25)22(14)15(19(26)27)17(8)28-11-5-12(21-7-11)16(24)10-3-4-20-6-10/h8-14,16,20-21,23-24H,3-7H2,1-2H3,(H,26,27)/t8-,9?,10?,11?,12+,13?,14?,16?/m1/s1. The van der Waals surface area contributed by atoms with Gasteiger partial charge in [0.25, 0.3) is 0 Å². The van der Waals surface area contributed by atoms with Crippen molar-refractivity contribution in [2.75, 3.05) is 19.6 Å². The molecular formula is C19H29N3O5S. The van der Waals surface area contributed by atoms with E-state index in [0.717, 1.165) is 30.8 Å². The maximum atomic E-state index is 12.4. The zero-order valence-electron chi connectivity index (χ0n) is 16.2. The molecule has 4 heterocycles. The summed E-state index contributed by atoms with van der Waals surface area (Å²) in [4.78, 5) is 26.4. The quantitative estimate of drug-likeness (QED) is 0.374. The average molecular weight is 412 g/mol. The summed E-state index contributed by atoms with van der Waals surface area (Å²) in [6.45, 7) is 6.00. The molecule has 156 valence electrons. The second-order valence-corrected chi connectivity index (χ2v) is 9.85. The third-order valence-corrected chi connectivity index (χ3v) is 8.23. The van der Waals surface area contributed by atoms with E-state index in [4.69, 9.17) is 0 Å². The lowest BCUT2D eigenvalue weighted by molar-refractivity contribution is -0.163. The van der Waals surface area contributed by atoms with E-state index in [1.807, 2.05) is 6.92 Å². The Morgan fingerprint density at radius 2 is 2.07 bits per heavy atom. The molecule has 3 saturated heterocycles. The molecule has 0 aromatic heterocycles. The van der Waals surface area contributed by atoms with Gasteiger partial charge in [0.2, 0.25) is 5.91 Å². The third-order valence-electron chi connectivity index (χ3n) is 6.72. The molecule has 5 N–H and O–H groups in total. The minimum atomic E-state index is -1.09. The molecule has 0 aliphatic carbocycles. The van der Waals surface area contributed by atoms with Crippen LogP contribution >= 0.6 is 11.8 Å². The number of hydrogen-bond donors (Lipinski definition) is 5. The number of aliphatic hydroxyl groups excluding tert-OH is 2. The van der Waals surface area contributed by atoms with Gasteiger partial charge in [0.15, 0.2) is 0 Å². The monoisotopic (exact) mass is 411 g/mol. The molecule has 6 unspecified atom stereocenters. The topological polar surface area (TPSA) is 122 Å². The highest BCUT2D eigenvalue weighted by Gasteiger charge is 2.60. The Morgan fingerprint density at radius 3 is 2.68 bits per heavy atom. The van der Waals surface area contributed by atoms with Crippen molar-refractivity contribution in [2.24, 2.45) is 17.8 Å². The van der Waals surface area contributed by atoms with Crippen LogP contribution in [0.15, 0.2) is 10.6 Å². The van der Waals surface area contributed by atoms with Crippen LogP contribution in [0.1, 0.15) is 26.7 Å². The second kappa shape index (κ2) is 7.60. The first-order chi connectivity index (χ1) is 13.3. The summed E-state index contributed by atoms with van der Waals surface area (Å²) in [5.41, 5.74) is 0.0772. The zero-order chi connectivity index (χ0) is 20.2. The summed E-state index contributed by atoms with van der Waals surface area (Å²) < 4.78 is 0. The van der Waals surface area contributed by atoms with Gasteiger partial charge in [-0.1, -0.05) is 6.92 Å². The Labute approximate surface area is 168 Å². The van der Waals surface area contributed by atoms with E-state index < -0.39 is 24.1 Å². The molecule has 4 aliphatic heterocycles. The number of nitrogens with one attached hydrogen (secondary N) is 2. The predicted molar refractivity (Wildman–Crippen MR) is 104 cm³/mol. The molecule has 4 aliphatic rings. The van der Waals surface area contributed by atoms with Crippen molar-refractivity contribution >= 4 is 23.6 Å². The van der Waals surface area contributed by atoms with Crippen molar-refractivity contribution in [1.82, 2.24) is 15.5 Å². The first-order valence-electron chi connectivity index (χ1n) is 10.1. The van der Waals surface area contributed by atoms with Gasteiger partial charge in [-0.15, -0.1) is 11.8 Å². The van der Waals surface area contributed by atoms with Crippen LogP contribution in [-0.2, 0) is 9.59 Å². The van der Waals surface area contributed by atoms with Crippen LogP contribution < -0.4 is 10.6 Å². The summed E-state index contributed by atoms with van der Waals surface area (Å²) in [6, 6.07) is -0.265. The highest BCUT2D eigenvalue weighted by molar-refractivity contribution is 8.03. The van der Waals surface area contributed by atoms with Gasteiger partial charge in [-0.3, -0.25) is 4.79 Å². The summed E-state index contributed by atoms with van der Waals surface area (Å²) >= 11 is 1.52. The van der Waals surface area contributed by atoms with Gasteiger partial charge < -0.3 is 30.9 Å². The highest BCUT2D eigenvalue weighted by atomic mass is 32.2. The molecule has 0 aromatic carbocycles. The van der Waals surface area contributed by atoms with Crippen molar-refractivity contribution in [3.63, 3.8) is 0 Å². The second-order valence-electron chi connectivity index (χ2n) is 8.51. The minimum absolute atomic E-state index is 0.0110. The number of rotatable bonds is 6. The summed E-state index contributed by atoms with van der Waals surface area (Å²) in [7, 11) is 0. The van der Waals surface area contributed by atoms with Crippen molar-refractivity contribution in [1.29, 1.82) is 0 Å². The van der Waals surface area contributed by atoms with Gasteiger partial charge in [-0.05, 0) is 26.3 Å². The maximum absolute atomic E-state index is 12.4. The molecule has 8 nitrogen and oxygen atoms in total. The normalized spacial score (nSPS) is 39.9. The third kappa shape index (κ3) is 3.17. The lowest BCUT2D eigenvalue weighted by atomic mass is 9.79. The van der Waals surface area contributed by atoms with E-state index in [1.165, 1.54) is 16.7 Å². The van der Waals surface area contributed by atoms with Crippen molar-refractivity contribution in [3.05, 3.63) is 10.6 Å². The number of β-lactam (4-membered cyclic amide) rings is 1. The molecule has 28 heavy (non-hydrogen) atoms. The van der Waals surface area contributed by atoms with Gasteiger partial charge in [0.05, 0.1) is 24.2 Å². The van der Waals surface area contributed by atoms with E-state index in [1.54, 1.807) is 6.92 Å². The van der Waals surface area contributed by atoms with Gasteiger partial charge >= 0.3 is 5.97 Å². The van der Waals surface area contributed by atoms with Gasteiger partial charge in [-0.2, -0.15) is 0 Å². The number of carbonyl (C=O) groups excluding carboxylic acids is 1. The Morgan fingerprint density at radius 1 is 1.32 bits per heavy atom. The van der Waals surface area contributed by atoms with Crippen LogP contribution in [0.2, 0.25) is 0 Å². The fourth-order valence-corrected chi connectivity index (χ4v) is 6.73. The van der Waals surface area contributed by atoms with Gasteiger partial charge in [0.1, 0.15) is 5.70 Å². The molecule has 0 saturated carbocycles. The first-order valence-corrected chi connectivity index (χ1v) is 11.0. The van der Waals surface area contributed by atoms with Crippen molar-refractivity contribution < 1.29 is 24.9 Å². The number of carboxylic acids is 1. The smallest absolute Gasteiger partial charge is 0.353 e. The Balaban J connectivity index is 1.47. The molecule has 1 amide bonds. The average Bonchev–Trinajstić information content (AvgIpc) is 3.35. The zero-order valence-corrected chi connectivity index (χ0v) is 17.0. The molecule has 3 fully saturated rings. The Bertz CT molecular complexity index is 693. The van der Waals surface area contributed by atoms with E-state index in [0.29, 0.717) is 6.54 Å². The number of carbonyl (C=O) groups is 2. The summed E-state index contributed by atoms with van der Waals surface area (Å²) in [5.74, 6) is -1.78. The van der Waals surface area contributed by atoms with E-state index >= 15 is 0 Å². The van der Waals surface area contributed by atoms with E-state index in [-0.39, 0.29) is 40.8 Å². The van der Waals surface area contributed by atoms with Crippen molar-refractivity contribution in [3.8, 4) is 0 Å². The van der Waals surface area contributed by atoms with Crippen LogP contribution in [0.5, 0.6) is 0 Å². The SMILES string of the molecule is CC(O)C1C(=O)N2C(C(=O)O)=C(SC3CN[C@H](C(O)C4CCNC4)C3)[C@H](C)C12. The molecule has 0 aromatic rings. The van der Waals surface area contributed by atoms with Crippen molar-refractivity contribution in [2.45, 2.75) is 56.2 Å². The number of thioether (sulfide) groups is 1.